The Morgan fingerprint density at radius 2 is 1.89 bits per heavy atom. The topological polar surface area (TPSA) is 66.9 Å². The van der Waals surface area contributed by atoms with Gasteiger partial charge in [-0.2, -0.15) is 0 Å². The summed E-state index contributed by atoms with van der Waals surface area (Å²) in [5.74, 6) is 0.0698. The molecule has 0 aliphatic carbocycles. The number of carbonyl (C=O) groups excluding carboxylic acids is 1. The van der Waals surface area contributed by atoms with Gasteiger partial charge in [-0.15, -0.1) is 0 Å². The maximum absolute atomic E-state index is 13.2. The summed E-state index contributed by atoms with van der Waals surface area (Å²) in [6.07, 6.45) is 1.82. The van der Waals surface area contributed by atoms with Gasteiger partial charge in [0.25, 0.3) is 0 Å². The molecular weight excluding hydrogens is 400 g/mol. The summed E-state index contributed by atoms with van der Waals surface area (Å²) in [6.45, 7) is 2.60. The number of anilines is 1. The molecule has 0 aromatic heterocycles. The fraction of sp³-hybridized carbons (Fsp3) is 0.350. The molecule has 1 aliphatic rings. The van der Waals surface area contributed by atoms with Gasteiger partial charge in [0.1, 0.15) is 11.8 Å². The third kappa shape index (κ3) is 4.10. The summed E-state index contributed by atoms with van der Waals surface area (Å²) >= 11 is 6.08. The van der Waals surface area contributed by atoms with Crippen molar-refractivity contribution in [3.8, 4) is 5.75 Å². The number of hydrogen-bond acceptors (Lipinski definition) is 4. The predicted molar refractivity (Wildman–Crippen MR) is 110 cm³/mol. The van der Waals surface area contributed by atoms with Crippen molar-refractivity contribution in [1.29, 1.82) is 0 Å². The summed E-state index contributed by atoms with van der Waals surface area (Å²) in [5.41, 5.74) is 2.55. The summed E-state index contributed by atoms with van der Waals surface area (Å²) in [5, 5.41) is 0.357. The predicted octanol–water partition coefficient (Wildman–Crippen LogP) is 3.09. The highest BCUT2D eigenvalue weighted by Gasteiger charge is 2.34. The Bertz CT molecular complexity index is 993. The van der Waals surface area contributed by atoms with Gasteiger partial charge in [0.05, 0.1) is 19.1 Å². The summed E-state index contributed by atoms with van der Waals surface area (Å²) in [7, 11) is -2.32. The molecule has 0 saturated carbocycles. The molecule has 6 nitrogen and oxygen atoms in total. The Kier molecular flexibility index (Phi) is 5.86. The summed E-state index contributed by atoms with van der Waals surface area (Å²) in [4.78, 5) is 14.9. The van der Waals surface area contributed by atoms with E-state index in [2.05, 4.69) is 6.07 Å². The van der Waals surface area contributed by atoms with Crippen molar-refractivity contribution >= 4 is 33.2 Å². The molecule has 1 atom stereocenters. The Morgan fingerprint density at radius 3 is 2.54 bits per heavy atom. The summed E-state index contributed by atoms with van der Waals surface area (Å²) in [6, 6.07) is 11.7. The van der Waals surface area contributed by atoms with Crippen LogP contribution in [0.25, 0.3) is 0 Å². The van der Waals surface area contributed by atoms with Crippen molar-refractivity contribution in [2.24, 2.45) is 0 Å². The Balaban J connectivity index is 1.94. The van der Waals surface area contributed by atoms with Crippen LogP contribution in [0.3, 0.4) is 0 Å². The van der Waals surface area contributed by atoms with Crippen molar-refractivity contribution in [3.63, 3.8) is 0 Å². The molecule has 8 heteroatoms. The Hall–Kier alpha value is -2.25. The van der Waals surface area contributed by atoms with Crippen LogP contribution in [0, 0.1) is 0 Å². The lowest BCUT2D eigenvalue weighted by atomic mass is 9.99. The SMILES string of the molecule is COc1ccc(Cl)cc1N([C@H](C)C(=O)N1CCc2ccccc2C1)S(C)(=O)=O. The lowest BCUT2D eigenvalue weighted by molar-refractivity contribution is -0.132. The van der Waals surface area contributed by atoms with Crippen LogP contribution in [0.1, 0.15) is 18.1 Å². The van der Waals surface area contributed by atoms with Gasteiger partial charge < -0.3 is 9.64 Å². The van der Waals surface area contributed by atoms with Crippen molar-refractivity contribution < 1.29 is 17.9 Å². The normalized spacial score (nSPS) is 14.9. The van der Waals surface area contributed by atoms with Crippen LogP contribution in [-0.4, -0.2) is 45.2 Å². The average molecular weight is 423 g/mol. The van der Waals surface area contributed by atoms with Crippen LogP contribution in [-0.2, 0) is 27.8 Å². The van der Waals surface area contributed by atoms with Gasteiger partial charge in [0.2, 0.25) is 15.9 Å². The van der Waals surface area contributed by atoms with Gasteiger partial charge in [0.15, 0.2) is 0 Å². The number of benzene rings is 2. The van der Waals surface area contributed by atoms with Gasteiger partial charge in [-0.05, 0) is 42.7 Å². The highest BCUT2D eigenvalue weighted by atomic mass is 35.5. The molecule has 0 radical (unpaired) electrons. The molecule has 28 heavy (non-hydrogen) atoms. The molecule has 0 unspecified atom stereocenters. The van der Waals surface area contributed by atoms with Gasteiger partial charge >= 0.3 is 0 Å². The third-order valence-corrected chi connectivity index (χ3v) is 6.35. The van der Waals surface area contributed by atoms with Crippen LogP contribution >= 0.6 is 11.6 Å². The maximum atomic E-state index is 13.2. The average Bonchev–Trinajstić information content (AvgIpc) is 2.66. The molecule has 0 fully saturated rings. The number of carbonyl (C=O) groups is 1. The first-order valence-corrected chi connectivity index (χ1v) is 11.1. The van der Waals surface area contributed by atoms with Gasteiger partial charge in [-0.1, -0.05) is 35.9 Å². The van der Waals surface area contributed by atoms with E-state index in [1.165, 1.54) is 18.7 Å². The van der Waals surface area contributed by atoms with E-state index in [-0.39, 0.29) is 11.6 Å². The highest BCUT2D eigenvalue weighted by molar-refractivity contribution is 7.92. The highest BCUT2D eigenvalue weighted by Crippen LogP contribution is 2.34. The van der Waals surface area contributed by atoms with E-state index in [4.69, 9.17) is 16.3 Å². The molecule has 1 heterocycles. The zero-order chi connectivity index (χ0) is 20.5. The number of hydrogen-bond donors (Lipinski definition) is 0. The van der Waals surface area contributed by atoms with Crippen LogP contribution < -0.4 is 9.04 Å². The molecule has 2 aromatic carbocycles. The monoisotopic (exact) mass is 422 g/mol. The van der Waals surface area contributed by atoms with E-state index in [0.717, 1.165) is 22.5 Å². The number of nitrogens with zero attached hydrogens (tertiary/aromatic N) is 2. The molecule has 1 aliphatic heterocycles. The van der Waals surface area contributed by atoms with E-state index >= 15 is 0 Å². The van der Waals surface area contributed by atoms with Crippen LogP contribution in [0.4, 0.5) is 5.69 Å². The summed E-state index contributed by atoms with van der Waals surface area (Å²) < 4.78 is 31.6. The molecule has 0 N–H and O–H groups in total. The second-order valence-corrected chi connectivity index (χ2v) is 9.13. The van der Waals surface area contributed by atoms with Gasteiger partial charge in [-0.25, -0.2) is 8.42 Å². The van der Waals surface area contributed by atoms with Gasteiger partial charge in [0, 0.05) is 18.1 Å². The third-order valence-electron chi connectivity index (χ3n) is 4.89. The quantitative estimate of drug-likeness (QED) is 0.742. The van der Waals surface area contributed by atoms with E-state index in [1.807, 2.05) is 18.2 Å². The number of rotatable bonds is 5. The molecule has 2 aromatic rings. The second kappa shape index (κ2) is 8.01. The molecule has 0 bridgehead atoms. The van der Waals surface area contributed by atoms with E-state index in [1.54, 1.807) is 24.0 Å². The van der Waals surface area contributed by atoms with Crippen LogP contribution in [0.15, 0.2) is 42.5 Å². The van der Waals surface area contributed by atoms with E-state index in [0.29, 0.717) is 23.9 Å². The fourth-order valence-electron chi connectivity index (χ4n) is 3.56. The van der Waals surface area contributed by atoms with E-state index < -0.39 is 16.1 Å². The zero-order valence-electron chi connectivity index (χ0n) is 16.1. The number of fused-ring (bicyclic) bond motifs is 1. The van der Waals surface area contributed by atoms with E-state index in [9.17, 15) is 13.2 Å². The van der Waals surface area contributed by atoms with Crippen LogP contribution in [0.2, 0.25) is 5.02 Å². The first-order valence-electron chi connectivity index (χ1n) is 8.91. The molecular formula is C20H23ClN2O4S. The van der Waals surface area contributed by atoms with Gasteiger partial charge in [-0.3, -0.25) is 9.10 Å². The number of ether oxygens (including phenoxy) is 1. The number of methoxy groups -OCH3 is 1. The molecule has 0 saturated heterocycles. The van der Waals surface area contributed by atoms with Crippen LogP contribution in [0.5, 0.6) is 5.75 Å². The number of halogens is 1. The Labute approximate surface area is 170 Å². The molecule has 3 rings (SSSR count). The van der Waals surface area contributed by atoms with Crippen molar-refractivity contribution in [2.75, 3.05) is 24.2 Å². The van der Waals surface area contributed by atoms with Crippen molar-refractivity contribution in [3.05, 3.63) is 58.6 Å². The minimum Gasteiger partial charge on any atom is -0.495 e. The molecule has 1 amide bonds. The largest absolute Gasteiger partial charge is 0.495 e. The minimum atomic E-state index is -3.76. The molecule has 150 valence electrons. The lowest BCUT2D eigenvalue weighted by Gasteiger charge is -2.35. The number of sulfonamides is 1. The minimum absolute atomic E-state index is 0.246. The van der Waals surface area contributed by atoms with Crippen molar-refractivity contribution in [2.45, 2.75) is 25.9 Å². The maximum Gasteiger partial charge on any atom is 0.246 e. The zero-order valence-corrected chi connectivity index (χ0v) is 17.6. The first kappa shape index (κ1) is 20.5. The standard InChI is InChI=1S/C20H23ClN2O4S/c1-14(20(24)22-11-10-15-6-4-5-7-16(15)13-22)23(28(3,25)26)18-12-17(21)8-9-19(18)27-2/h4-9,12,14H,10-11,13H2,1-3H3/t14-/m1/s1. The Morgan fingerprint density at radius 1 is 1.21 bits per heavy atom. The molecule has 0 spiro atoms. The number of amides is 1. The first-order chi connectivity index (χ1) is 13.2. The van der Waals surface area contributed by atoms with Crippen molar-refractivity contribution in [1.82, 2.24) is 4.90 Å². The smallest absolute Gasteiger partial charge is 0.246 e. The lowest BCUT2D eigenvalue weighted by Crippen LogP contribution is -2.50. The fourth-order valence-corrected chi connectivity index (χ4v) is 4.89. The second-order valence-electron chi connectivity index (χ2n) is 6.83.